The van der Waals surface area contributed by atoms with Gasteiger partial charge in [0.2, 0.25) is 0 Å². The van der Waals surface area contributed by atoms with Gasteiger partial charge in [-0.15, -0.1) is 0 Å². The molecule has 2 fully saturated rings. The van der Waals surface area contributed by atoms with Gasteiger partial charge in [-0.2, -0.15) is 0 Å². The van der Waals surface area contributed by atoms with Crippen LogP contribution >= 0.6 is 0 Å². The van der Waals surface area contributed by atoms with Crippen molar-refractivity contribution < 1.29 is 0 Å². The average Bonchev–Trinajstić information content (AvgIpc) is 2.91. The Hall–Kier alpha value is -0.0800. The van der Waals surface area contributed by atoms with Crippen LogP contribution in [0.5, 0.6) is 0 Å². The molecule has 2 aliphatic carbocycles. The van der Waals surface area contributed by atoms with E-state index in [1.54, 1.807) is 0 Å². The molecule has 3 N–H and O–H groups in total. The fourth-order valence-electron chi connectivity index (χ4n) is 2.67. The van der Waals surface area contributed by atoms with Crippen LogP contribution in [0.4, 0.5) is 0 Å². The third kappa shape index (κ3) is 2.96. The van der Waals surface area contributed by atoms with E-state index in [1.165, 1.54) is 51.5 Å². The zero-order chi connectivity index (χ0) is 9.80. The van der Waals surface area contributed by atoms with Gasteiger partial charge in [0.05, 0.1) is 0 Å². The standard InChI is InChI=1S/C12H24N2/c13-9-11-4-1-5-12(11)14-8-2-3-10-6-7-10/h10-12,14H,1-9,13H2. The van der Waals surface area contributed by atoms with Gasteiger partial charge in [0, 0.05) is 6.04 Å². The van der Waals surface area contributed by atoms with Gasteiger partial charge in [-0.05, 0) is 50.6 Å². The highest BCUT2D eigenvalue weighted by molar-refractivity contribution is 4.83. The van der Waals surface area contributed by atoms with Gasteiger partial charge in [0.25, 0.3) is 0 Å². The van der Waals surface area contributed by atoms with Gasteiger partial charge < -0.3 is 11.1 Å². The summed E-state index contributed by atoms with van der Waals surface area (Å²) in [7, 11) is 0. The second-order valence-corrected chi connectivity index (χ2v) is 5.07. The smallest absolute Gasteiger partial charge is 0.0107 e. The first-order valence-electron chi connectivity index (χ1n) is 6.33. The van der Waals surface area contributed by atoms with Gasteiger partial charge in [-0.3, -0.25) is 0 Å². The molecule has 2 saturated carbocycles. The number of nitrogens with one attached hydrogen (secondary N) is 1. The van der Waals surface area contributed by atoms with Crippen LogP contribution in [0.2, 0.25) is 0 Å². The molecule has 14 heavy (non-hydrogen) atoms. The van der Waals surface area contributed by atoms with Crippen molar-refractivity contribution in [3.05, 3.63) is 0 Å². The topological polar surface area (TPSA) is 38.0 Å². The summed E-state index contributed by atoms with van der Waals surface area (Å²) in [5, 5.41) is 3.69. The zero-order valence-electron chi connectivity index (χ0n) is 9.17. The van der Waals surface area contributed by atoms with Gasteiger partial charge >= 0.3 is 0 Å². The second kappa shape index (κ2) is 5.13. The summed E-state index contributed by atoms with van der Waals surface area (Å²) in [4.78, 5) is 0. The van der Waals surface area contributed by atoms with Crippen LogP contribution in [-0.4, -0.2) is 19.1 Å². The maximum absolute atomic E-state index is 5.75. The molecule has 0 aromatic heterocycles. The largest absolute Gasteiger partial charge is 0.330 e. The third-order valence-electron chi connectivity index (χ3n) is 3.85. The predicted octanol–water partition coefficient (Wildman–Crippen LogP) is 1.89. The summed E-state index contributed by atoms with van der Waals surface area (Å²) in [6.07, 6.45) is 9.89. The van der Waals surface area contributed by atoms with Gasteiger partial charge in [0.15, 0.2) is 0 Å². The van der Waals surface area contributed by atoms with E-state index in [0.717, 1.165) is 24.4 Å². The highest BCUT2D eigenvalue weighted by Crippen LogP contribution is 2.33. The van der Waals surface area contributed by atoms with Crippen molar-refractivity contribution in [3.63, 3.8) is 0 Å². The summed E-state index contributed by atoms with van der Waals surface area (Å²) < 4.78 is 0. The van der Waals surface area contributed by atoms with E-state index in [1.807, 2.05) is 0 Å². The number of hydrogen-bond donors (Lipinski definition) is 2. The number of nitrogens with two attached hydrogens (primary N) is 1. The first kappa shape index (κ1) is 10.4. The maximum atomic E-state index is 5.75. The van der Waals surface area contributed by atoms with Gasteiger partial charge in [-0.1, -0.05) is 19.3 Å². The van der Waals surface area contributed by atoms with Crippen molar-refractivity contribution in [1.82, 2.24) is 5.32 Å². The second-order valence-electron chi connectivity index (χ2n) is 5.07. The molecule has 0 heterocycles. The minimum Gasteiger partial charge on any atom is -0.330 e. The van der Waals surface area contributed by atoms with Gasteiger partial charge in [0.1, 0.15) is 0 Å². The van der Waals surface area contributed by atoms with Crippen molar-refractivity contribution in [2.45, 2.75) is 51.0 Å². The lowest BCUT2D eigenvalue weighted by atomic mass is 10.0. The molecular formula is C12H24N2. The summed E-state index contributed by atoms with van der Waals surface area (Å²) in [5.74, 6) is 1.85. The molecule has 0 aliphatic heterocycles. The SMILES string of the molecule is NCC1CCCC1NCCCC1CC1. The Bertz CT molecular complexity index is 166. The Kier molecular flexibility index (Phi) is 3.82. The molecule has 2 nitrogen and oxygen atoms in total. The molecule has 0 radical (unpaired) electrons. The molecule has 0 bridgehead atoms. The lowest BCUT2D eigenvalue weighted by Crippen LogP contribution is -2.36. The van der Waals surface area contributed by atoms with E-state index >= 15 is 0 Å². The molecule has 2 aliphatic rings. The normalized spacial score (nSPS) is 32.4. The van der Waals surface area contributed by atoms with Crippen LogP contribution in [0.15, 0.2) is 0 Å². The molecule has 2 atom stereocenters. The quantitative estimate of drug-likeness (QED) is 0.637. The minimum absolute atomic E-state index is 0.735. The summed E-state index contributed by atoms with van der Waals surface area (Å²) in [6.45, 7) is 2.10. The molecule has 0 amide bonds. The Morgan fingerprint density at radius 3 is 2.71 bits per heavy atom. The van der Waals surface area contributed by atoms with E-state index in [4.69, 9.17) is 5.73 Å². The summed E-state index contributed by atoms with van der Waals surface area (Å²) >= 11 is 0. The van der Waals surface area contributed by atoms with Crippen LogP contribution in [-0.2, 0) is 0 Å². The molecule has 0 saturated heterocycles. The van der Waals surface area contributed by atoms with Crippen LogP contribution in [0, 0.1) is 11.8 Å². The Morgan fingerprint density at radius 1 is 1.14 bits per heavy atom. The zero-order valence-corrected chi connectivity index (χ0v) is 9.17. The molecule has 0 aromatic rings. The predicted molar refractivity (Wildman–Crippen MR) is 60.1 cm³/mol. The third-order valence-corrected chi connectivity index (χ3v) is 3.85. The Labute approximate surface area is 87.6 Å². The molecular weight excluding hydrogens is 172 g/mol. The lowest BCUT2D eigenvalue weighted by Gasteiger charge is -2.19. The highest BCUT2D eigenvalue weighted by atomic mass is 14.9. The average molecular weight is 196 g/mol. The molecule has 0 spiro atoms. The van der Waals surface area contributed by atoms with Crippen molar-refractivity contribution in [2.75, 3.05) is 13.1 Å². The monoisotopic (exact) mass is 196 g/mol. The maximum Gasteiger partial charge on any atom is 0.0107 e. The number of hydrogen-bond acceptors (Lipinski definition) is 2. The molecule has 0 aromatic carbocycles. The molecule has 2 unspecified atom stereocenters. The lowest BCUT2D eigenvalue weighted by molar-refractivity contribution is 0.401. The van der Waals surface area contributed by atoms with E-state index < -0.39 is 0 Å². The first-order chi connectivity index (χ1) is 6.90. The summed E-state index contributed by atoms with van der Waals surface area (Å²) in [5.41, 5.74) is 5.75. The van der Waals surface area contributed by atoms with Crippen LogP contribution in [0.1, 0.15) is 44.9 Å². The van der Waals surface area contributed by atoms with Crippen molar-refractivity contribution in [1.29, 1.82) is 0 Å². The Balaban J connectivity index is 1.54. The van der Waals surface area contributed by atoms with Gasteiger partial charge in [-0.25, -0.2) is 0 Å². The molecule has 2 heteroatoms. The van der Waals surface area contributed by atoms with Crippen molar-refractivity contribution in [2.24, 2.45) is 17.6 Å². The van der Waals surface area contributed by atoms with Crippen LogP contribution < -0.4 is 11.1 Å². The first-order valence-corrected chi connectivity index (χ1v) is 6.33. The van der Waals surface area contributed by atoms with E-state index in [0.29, 0.717) is 0 Å². The number of rotatable bonds is 6. The fraction of sp³-hybridized carbons (Fsp3) is 1.00. The molecule has 2 rings (SSSR count). The highest BCUT2D eigenvalue weighted by Gasteiger charge is 2.25. The van der Waals surface area contributed by atoms with E-state index in [9.17, 15) is 0 Å². The summed E-state index contributed by atoms with van der Waals surface area (Å²) in [6, 6.07) is 0.735. The van der Waals surface area contributed by atoms with E-state index in [2.05, 4.69) is 5.32 Å². The van der Waals surface area contributed by atoms with E-state index in [-0.39, 0.29) is 0 Å². The minimum atomic E-state index is 0.735. The van der Waals surface area contributed by atoms with Crippen molar-refractivity contribution >= 4 is 0 Å². The fourth-order valence-corrected chi connectivity index (χ4v) is 2.67. The van der Waals surface area contributed by atoms with Crippen molar-refractivity contribution in [3.8, 4) is 0 Å². The Morgan fingerprint density at radius 2 is 2.00 bits per heavy atom. The van der Waals surface area contributed by atoms with Crippen LogP contribution in [0.3, 0.4) is 0 Å². The van der Waals surface area contributed by atoms with Crippen LogP contribution in [0.25, 0.3) is 0 Å². The molecule has 82 valence electrons.